The number of halogens is 1. The molecule has 1 aromatic heterocycles. The Labute approximate surface area is 81.9 Å². The predicted molar refractivity (Wildman–Crippen MR) is 50.6 cm³/mol. The lowest BCUT2D eigenvalue weighted by molar-refractivity contribution is -0.120. The summed E-state index contributed by atoms with van der Waals surface area (Å²) in [5.74, 6) is 0.367. The van der Waals surface area contributed by atoms with E-state index in [0.717, 1.165) is 6.54 Å². The standard InChI is InChI=1S/C8H12ClN3O/c9-2-1-8(13)11-4-6-12-5-3-10-7-12/h3,5,7H,1-2,4,6H2,(H,11,13). The van der Waals surface area contributed by atoms with Gasteiger partial charge in [0.25, 0.3) is 0 Å². The van der Waals surface area contributed by atoms with Crippen molar-refractivity contribution < 1.29 is 4.79 Å². The largest absolute Gasteiger partial charge is 0.354 e. The zero-order valence-corrected chi connectivity index (χ0v) is 8.00. The third kappa shape index (κ3) is 3.94. The smallest absolute Gasteiger partial charge is 0.221 e. The van der Waals surface area contributed by atoms with Crippen LogP contribution in [0, 0.1) is 0 Å². The van der Waals surface area contributed by atoms with Crippen LogP contribution in [0.1, 0.15) is 6.42 Å². The van der Waals surface area contributed by atoms with Crippen LogP contribution in [0.4, 0.5) is 0 Å². The highest BCUT2D eigenvalue weighted by Gasteiger charge is 1.97. The van der Waals surface area contributed by atoms with E-state index in [1.54, 1.807) is 12.5 Å². The Morgan fingerprint density at radius 2 is 2.46 bits per heavy atom. The molecule has 4 nitrogen and oxygen atoms in total. The number of carbonyl (C=O) groups excluding carboxylic acids is 1. The topological polar surface area (TPSA) is 46.9 Å². The number of imidazole rings is 1. The van der Waals surface area contributed by atoms with Crippen molar-refractivity contribution in [2.75, 3.05) is 12.4 Å². The summed E-state index contributed by atoms with van der Waals surface area (Å²) >= 11 is 5.40. The maximum Gasteiger partial charge on any atom is 0.221 e. The molecule has 0 aliphatic heterocycles. The van der Waals surface area contributed by atoms with Crippen LogP contribution in [-0.4, -0.2) is 27.9 Å². The van der Waals surface area contributed by atoms with E-state index < -0.39 is 0 Å². The van der Waals surface area contributed by atoms with Crippen molar-refractivity contribution in [2.24, 2.45) is 0 Å². The molecular weight excluding hydrogens is 190 g/mol. The molecule has 0 aliphatic rings. The molecule has 1 heterocycles. The van der Waals surface area contributed by atoms with Crippen molar-refractivity contribution in [1.29, 1.82) is 0 Å². The minimum absolute atomic E-state index is 0.00452. The van der Waals surface area contributed by atoms with Crippen molar-refractivity contribution in [2.45, 2.75) is 13.0 Å². The third-order valence-corrected chi connectivity index (χ3v) is 1.76. The van der Waals surface area contributed by atoms with Crippen molar-refractivity contribution >= 4 is 17.5 Å². The van der Waals surface area contributed by atoms with E-state index in [-0.39, 0.29) is 5.91 Å². The summed E-state index contributed by atoms with van der Waals surface area (Å²) in [6.07, 6.45) is 5.66. The molecule has 0 aromatic carbocycles. The summed E-state index contributed by atoms with van der Waals surface area (Å²) in [5.41, 5.74) is 0. The number of nitrogens with zero attached hydrogens (tertiary/aromatic N) is 2. The van der Waals surface area contributed by atoms with Gasteiger partial charge in [0.15, 0.2) is 0 Å². The number of amides is 1. The second-order valence-corrected chi connectivity index (χ2v) is 2.97. The van der Waals surface area contributed by atoms with E-state index in [0.29, 0.717) is 18.8 Å². The van der Waals surface area contributed by atoms with Crippen molar-refractivity contribution in [3.8, 4) is 0 Å². The molecule has 0 fully saturated rings. The SMILES string of the molecule is O=C(CCCl)NCCn1ccnc1. The van der Waals surface area contributed by atoms with Crippen LogP contribution in [0.2, 0.25) is 0 Å². The Morgan fingerprint density at radius 1 is 1.62 bits per heavy atom. The van der Waals surface area contributed by atoms with Gasteiger partial charge in [-0.3, -0.25) is 4.79 Å². The lowest BCUT2D eigenvalue weighted by Gasteiger charge is -2.03. The van der Waals surface area contributed by atoms with Crippen molar-refractivity contribution in [3.05, 3.63) is 18.7 Å². The Bertz CT molecular complexity index is 248. The van der Waals surface area contributed by atoms with Gasteiger partial charge in [0.05, 0.1) is 6.33 Å². The maximum atomic E-state index is 11.0. The van der Waals surface area contributed by atoms with Crippen molar-refractivity contribution in [3.63, 3.8) is 0 Å². The molecule has 5 heteroatoms. The van der Waals surface area contributed by atoms with E-state index in [1.807, 2.05) is 10.8 Å². The highest BCUT2D eigenvalue weighted by Crippen LogP contribution is 1.86. The molecule has 1 rings (SSSR count). The van der Waals surface area contributed by atoms with Gasteiger partial charge in [-0.2, -0.15) is 0 Å². The minimum Gasteiger partial charge on any atom is -0.354 e. The van der Waals surface area contributed by atoms with E-state index in [4.69, 9.17) is 11.6 Å². The number of carbonyl (C=O) groups is 1. The van der Waals surface area contributed by atoms with Gasteiger partial charge in [0, 0.05) is 37.8 Å². The third-order valence-electron chi connectivity index (χ3n) is 1.57. The minimum atomic E-state index is -0.00452. The molecule has 0 saturated carbocycles. The van der Waals surface area contributed by atoms with Crippen LogP contribution in [0.25, 0.3) is 0 Å². The quantitative estimate of drug-likeness (QED) is 0.711. The van der Waals surface area contributed by atoms with E-state index in [1.165, 1.54) is 0 Å². The normalized spacial score (nSPS) is 9.92. The molecule has 13 heavy (non-hydrogen) atoms. The monoisotopic (exact) mass is 201 g/mol. The number of hydrogen-bond acceptors (Lipinski definition) is 2. The molecule has 0 bridgehead atoms. The first kappa shape index (κ1) is 10.1. The molecule has 0 atom stereocenters. The zero-order valence-electron chi connectivity index (χ0n) is 7.24. The van der Waals surface area contributed by atoms with Crippen LogP contribution < -0.4 is 5.32 Å². The van der Waals surface area contributed by atoms with E-state index >= 15 is 0 Å². The lowest BCUT2D eigenvalue weighted by atomic mass is 10.4. The summed E-state index contributed by atoms with van der Waals surface area (Å²) in [5, 5.41) is 2.75. The number of alkyl halides is 1. The second-order valence-electron chi connectivity index (χ2n) is 2.59. The van der Waals surface area contributed by atoms with E-state index in [9.17, 15) is 4.79 Å². The van der Waals surface area contributed by atoms with Gasteiger partial charge < -0.3 is 9.88 Å². The van der Waals surface area contributed by atoms with Gasteiger partial charge in [-0.1, -0.05) is 0 Å². The molecule has 72 valence electrons. The number of hydrogen-bond donors (Lipinski definition) is 1. The second kappa shape index (κ2) is 5.59. The summed E-state index contributed by atoms with van der Waals surface area (Å²) in [4.78, 5) is 14.8. The predicted octanol–water partition coefficient (Wildman–Crippen LogP) is 0.628. The Morgan fingerprint density at radius 3 is 3.08 bits per heavy atom. The van der Waals surface area contributed by atoms with Gasteiger partial charge in [-0.05, 0) is 0 Å². The van der Waals surface area contributed by atoms with Crippen molar-refractivity contribution in [1.82, 2.24) is 14.9 Å². The molecular formula is C8H12ClN3O. The number of rotatable bonds is 5. The molecule has 0 aliphatic carbocycles. The Balaban J connectivity index is 2.11. The fourth-order valence-corrected chi connectivity index (χ4v) is 1.09. The van der Waals surface area contributed by atoms with Gasteiger partial charge in [-0.25, -0.2) is 4.98 Å². The maximum absolute atomic E-state index is 11.0. The lowest BCUT2D eigenvalue weighted by Crippen LogP contribution is -2.26. The fraction of sp³-hybridized carbons (Fsp3) is 0.500. The first-order chi connectivity index (χ1) is 6.33. The molecule has 0 unspecified atom stereocenters. The van der Waals surface area contributed by atoms with Crippen LogP contribution in [0.3, 0.4) is 0 Å². The number of aromatic nitrogens is 2. The molecule has 0 spiro atoms. The van der Waals surface area contributed by atoms with Gasteiger partial charge in [0.2, 0.25) is 5.91 Å². The molecule has 1 amide bonds. The zero-order chi connectivity index (χ0) is 9.52. The summed E-state index contributed by atoms with van der Waals surface area (Å²) in [6.45, 7) is 1.36. The average molecular weight is 202 g/mol. The summed E-state index contributed by atoms with van der Waals surface area (Å²) in [7, 11) is 0. The van der Waals surface area contributed by atoms with Gasteiger partial charge in [-0.15, -0.1) is 11.6 Å². The fourth-order valence-electron chi connectivity index (χ4n) is 0.918. The van der Waals surface area contributed by atoms with Gasteiger partial charge >= 0.3 is 0 Å². The summed E-state index contributed by atoms with van der Waals surface area (Å²) < 4.78 is 1.90. The van der Waals surface area contributed by atoms with Crippen LogP contribution in [0.5, 0.6) is 0 Å². The van der Waals surface area contributed by atoms with Crippen LogP contribution in [-0.2, 0) is 11.3 Å². The molecule has 0 radical (unpaired) electrons. The highest BCUT2D eigenvalue weighted by atomic mass is 35.5. The number of nitrogens with one attached hydrogen (secondary N) is 1. The van der Waals surface area contributed by atoms with Gasteiger partial charge in [0.1, 0.15) is 0 Å². The molecule has 1 aromatic rings. The average Bonchev–Trinajstić information content (AvgIpc) is 2.57. The highest BCUT2D eigenvalue weighted by molar-refractivity contribution is 6.18. The van der Waals surface area contributed by atoms with Crippen LogP contribution in [0.15, 0.2) is 18.7 Å². The Hall–Kier alpha value is -1.03. The first-order valence-electron chi connectivity index (χ1n) is 4.11. The van der Waals surface area contributed by atoms with E-state index in [2.05, 4.69) is 10.3 Å². The molecule has 0 saturated heterocycles. The summed E-state index contributed by atoms with van der Waals surface area (Å²) in [6, 6.07) is 0. The first-order valence-corrected chi connectivity index (χ1v) is 4.65. The molecule has 1 N–H and O–H groups in total. The van der Waals surface area contributed by atoms with Crippen LogP contribution >= 0.6 is 11.6 Å². The Kier molecular flexibility index (Phi) is 4.32.